The van der Waals surface area contributed by atoms with Crippen molar-refractivity contribution in [2.75, 3.05) is 13.2 Å². The highest BCUT2D eigenvalue weighted by atomic mass is 16.7. The average Bonchev–Trinajstić information content (AvgIpc) is 3.80. The molecule has 2 aromatic rings. The number of fused-ring (bicyclic) bond motifs is 7. The highest BCUT2D eigenvalue weighted by Gasteiger charge is 2.70. The molecule has 9 rings (SSSR count). The van der Waals surface area contributed by atoms with Crippen LogP contribution in [0.1, 0.15) is 125 Å². The molecule has 0 unspecified atom stereocenters. The molecule has 1 aromatic carbocycles. The second-order valence-corrected chi connectivity index (χ2v) is 24.2. The minimum absolute atomic E-state index is 0.0110. The molecular weight excluding hydrogens is 919 g/mol. The number of nitro benzene ring substituents is 1. The Balaban J connectivity index is 0.923. The van der Waals surface area contributed by atoms with Crippen LogP contribution in [-0.4, -0.2) is 132 Å². The summed E-state index contributed by atoms with van der Waals surface area (Å²) in [5.74, 6) is -0.0560. The summed E-state index contributed by atoms with van der Waals surface area (Å²) in [6.45, 7) is 17.2. The number of nitrogens with zero attached hydrogens (tertiary/aromatic N) is 4. The Morgan fingerprint density at radius 1 is 0.915 bits per heavy atom. The van der Waals surface area contributed by atoms with Crippen molar-refractivity contribution in [2.45, 2.75) is 188 Å². The van der Waals surface area contributed by atoms with Gasteiger partial charge in [0, 0.05) is 19.1 Å². The molecule has 0 spiro atoms. The number of allylic oxidation sites excluding steroid dienone is 2. The van der Waals surface area contributed by atoms with Crippen LogP contribution in [0, 0.1) is 60.4 Å². The standard InChI is InChI=1S/C52H75N5O14/c1-28(58)53-39-42(62)41(61)35(27-68-45-43(63)40(60)34(59)26-67-45)70-44(39)71-38-15-16-49(6)36(48(38,4)5)14-17-51(8)37(49)13-12-32-33-23-47(2,3)18-20-52(33,21-19-50(32,51)7)46(64)69-25-29-24-56(55-54-29)30-10-9-11-31(22-30)57(65)66/h9-12,22,24,33-45,59-63H,13-21,23,25-27H2,1-8H3,(H,53,58)/t33-,34-,35+,36-,37+,38-,39+,40-,41+,42+,43-,44-,45-,49-,50+,51+,52-/m0/s1. The lowest BCUT2D eigenvalue weighted by Gasteiger charge is -2.71. The number of hydrogen-bond acceptors (Lipinski definition) is 16. The van der Waals surface area contributed by atoms with Crippen LogP contribution in [-0.2, 0) is 39.9 Å². The van der Waals surface area contributed by atoms with E-state index in [1.54, 1.807) is 18.3 Å². The molecule has 19 heteroatoms. The van der Waals surface area contributed by atoms with Gasteiger partial charge in [-0.15, -0.1) is 5.10 Å². The van der Waals surface area contributed by atoms with E-state index in [1.165, 1.54) is 29.3 Å². The molecule has 3 heterocycles. The number of non-ortho nitro benzene ring substituents is 1. The summed E-state index contributed by atoms with van der Waals surface area (Å²) in [4.78, 5) is 38.2. The van der Waals surface area contributed by atoms with Gasteiger partial charge in [-0.2, -0.15) is 0 Å². The van der Waals surface area contributed by atoms with Gasteiger partial charge in [0.1, 0.15) is 55.0 Å². The zero-order valence-corrected chi connectivity index (χ0v) is 42.4. The van der Waals surface area contributed by atoms with Crippen LogP contribution < -0.4 is 5.32 Å². The summed E-state index contributed by atoms with van der Waals surface area (Å²) >= 11 is 0. The fourth-order valence-electron chi connectivity index (χ4n) is 15.2. The van der Waals surface area contributed by atoms with Crippen LogP contribution in [0.2, 0.25) is 0 Å². The van der Waals surface area contributed by atoms with E-state index >= 15 is 0 Å². The van der Waals surface area contributed by atoms with Gasteiger partial charge in [0.25, 0.3) is 5.69 Å². The van der Waals surface area contributed by atoms with Gasteiger partial charge in [-0.05, 0) is 115 Å². The van der Waals surface area contributed by atoms with Gasteiger partial charge < -0.3 is 54.5 Å². The van der Waals surface area contributed by atoms with Crippen LogP contribution in [0.4, 0.5) is 5.69 Å². The summed E-state index contributed by atoms with van der Waals surface area (Å²) in [5, 5.41) is 75.8. The highest BCUT2D eigenvalue weighted by molar-refractivity contribution is 5.79. The number of nitro groups is 1. The molecule has 6 fully saturated rings. The van der Waals surface area contributed by atoms with E-state index in [4.69, 9.17) is 23.7 Å². The molecule has 5 aliphatic carbocycles. The molecule has 0 bridgehead atoms. The molecule has 2 saturated heterocycles. The summed E-state index contributed by atoms with van der Waals surface area (Å²) < 4.78 is 32.1. The number of rotatable bonds is 11. The predicted octanol–water partition coefficient (Wildman–Crippen LogP) is 4.81. The van der Waals surface area contributed by atoms with Crippen LogP contribution in [0.3, 0.4) is 0 Å². The quantitative estimate of drug-likeness (QED) is 0.0580. The van der Waals surface area contributed by atoms with E-state index in [-0.39, 0.29) is 71.1 Å². The average molecular weight is 994 g/mol. The van der Waals surface area contributed by atoms with Gasteiger partial charge in [0.05, 0.1) is 41.5 Å². The number of esters is 1. The third-order valence-electron chi connectivity index (χ3n) is 19.4. The predicted molar refractivity (Wildman–Crippen MR) is 254 cm³/mol. The Kier molecular flexibility index (Phi) is 13.7. The number of aromatic nitrogens is 3. The number of carbonyl (C=O) groups is 2. The first-order valence-corrected chi connectivity index (χ1v) is 25.6. The Labute approximate surface area is 415 Å². The number of aliphatic hydroxyl groups is 5. The molecule has 7 aliphatic rings. The second-order valence-electron chi connectivity index (χ2n) is 24.2. The largest absolute Gasteiger partial charge is 0.459 e. The van der Waals surface area contributed by atoms with Gasteiger partial charge >= 0.3 is 5.97 Å². The molecule has 392 valence electrons. The summed E-state index contributed by atoms with van der Waals surface area (Å²) in [6.07, 6.45) is 1.26. The fourth-order valence-corrected chi connectivity index (χ4v) is 15.2. The first-order valence-electron chi connectivity index (χ1n) is 25.6. The Morgan fingerprint density at radius 2 is 1.66 bits per heavy atom. The molecule has 1 amide bonds. The number of hydrogen-bond donors (Lipinski definition) is 6. The zero-order chi connectivity index (χ0) is 51.2. The topological polar surface area (TPSA) is 267 Å². The Hall–Kier alpha value is -3.92. The number of nitrogens with one attached hydrogen (secondary N) is 1. The van der Waals surface area contributed by atoms with E-state index < -0.39 is 76.9 Å². The summed E-state index contributed by atoms with van der Waals surface area (Å²) in [6, 6.07) is 5.03. The van der Waals surface area contributed by atoms with E-state index in [0.717, 1.165) is 51.4 Å². The van der Waals surface area contributed by atoms with Crippen molar-refractivity contribution in [3.8, 4) is 5.69 Å². The van der Waals surface area contributed by atoms with E-state index in [1.807, 2.05) is 0 Å². The monoisotopic (exact) mass is 994 g/mol. The lowest BCUT2D eigenvalue weighted by atomic mass is 9.33. The van der Waals surface area contributed by atoms with Crippen molar-refractivity contribution in [1.29, 1.82) is 0 Å². The number of aliphatic hydroxyl groups excluding tert-OH is 5. The van der Waals surface area contributed by atoms with Crippen molar-refractivity contribution >= 4 is 17.6 Å². The maximum absolute atomic E-state index is 14.7. The van der Waals surface area contributed by atoms with Gasteiger partial charge in [-0.3, -0.25) is 19.7 Å². The Bertz CT molecular complexity index is 2380. The van der Waals surface area contributed by atoms with Crippen LogP contribution in [0.25, 0.3) is 5.69 Å². The van der Waals surface area contributed by atoms with Gasteiger partial charge in [0.15, 0.2) is 12.6 Å². The van der Waals surface area contributed by atoms with Crippen molar-refractivity contribution in [3.63, 3.8) is 0 Å². The minimum Gasteiger partial charge on any atom is -0.459 e. The van der Waals surface area contributed by atoms with Gasteiger partial charge in [-0.25, -0.2) is 4.68 Å². The van der Waals surface area contributed by atoms with Crippen molar-refractivity contribution in [1.82, 2.24) is 20.3 Å². The third kappa shape index (κ3) is 8.85. The van der Waals surface area contributed by atoms with Crippen molar-refractivity contribution in [3.05, 3.63) is 57.9 Å². The van der Waals surface area contributed by atoms with Gasteiger partial charge in [-0.1, -0.05) is 71.4 Å². The van der Waals surface area contributed by atoms with Crippen LogP contribution in [0.5, 0.6) is 0 Å². The zero-order valence-electron chi connectivity index (χ0n) is 42.4. The van der Waals surface area contributed by atoms with E-state index in [0.29, 0.717) is 30.1 Å². The molecule has 71 heavy (non-hydrogen) atoms. The maximum atomic E-state index is 14.7. The van der Waals surface area contributed by atoms with Crippen LogP contribution in [0.15, 0.2) is 42.1 Å². The molecule has 17 atom stereocenters. The highest BCUT2D eigenvalue weighted by Crippen LogP contribution is 2.76. The lowest BCUT2D eigenvalue weighted by Crippen LogP contribution is -2.67. The fraction of sp³-hybridized carbons (Fsp3) is 0.769. The van der Waals surface area contributed by atoms with E-state index in [9.17, 15) is 45.2 Å². The smallest absolute Gasteiger partial charge is 0.313 e. The summed E-state index contributed by atoms with van der Waals surface area (Å²) in [7, 11) is 0. The minimum atomic E-state index is -1.56. The molecule has 4 saturated carbocycles. The third-order valence-corrected chi connectivity index (χ3v) is 19.4. The van der Waals surface area contributed by atoms with Crippen LogP contribution >= 0.6 is 0 Å². The maximum Gasteiger partial charge on any atom is 0.313 e. The van der Waals surface area contributed by atoms with Gasteiger partial charge in [0.2, 0.25) is 5.91 Å². The molecule has 19 nitrogen and oxygen atoms in total. The lowest BCUT2D eigenvalue weighted by molar-refractivity contribution is -0.384. The number of carbonyl (C=O) groups excluding carboxylic acids is 2. The second kappa shape index (κ2) is 18.8. The molecule has 0 radical (unpaired) electrons. The molecule has 6 N–H and O–H groups in total. The Morgan fingerprint density at radius 3 is 2.39 bits per heavy atom. The first-order chi connectivity index (χ1) is 33.3. The SMILES string of the molecule is CC(=O)N[C@H]1[C@H](O[C@H]2CC[C@]3(C)[C@H]4CC=C5[C@@H]6CC(C)(C)CC[C@]6(C(=O)OCc6cn(-c7cccc([N+](=O)[O-])c7)nn6)CC[C@@]5(C)[C@]4(C)CC[C@H]3C2(C)C)O[C@H](CO[C@@H]2OC[C@H](O)[C@H](O)[C@@H]2O)[C@@H](O)[C@@H]1O. The normalized spacial score (nSPS) is 42.5. The molecule has 1 aromatic heterocycles. The molecular formula is C52H75N5O14. The number of benzene rings is 1. The first kappa shape index (κ1) is 52.0. The van der Waals surface area contributed by atoms with Crippen molar-refractivity contribution in [2.24, 2.45) is 50.2 Å². The van der Waals surface area contributed by atoms with E-state index in [2.05, 4.69) is 70.2 Å². The summed E-state index contributed by atoms with van der Waals surface area (Å²) in [5.41, 5.74) is 0.907. The number of amides is 1. The van der Waals surface area contributed by atoms with Crippen molar-refractivity contribution < 1.29 is 63.7 Å². The molecule has 2 aliphatic heterocycles. The number of ether oxygens (including phenoxy) is 5.